The number of ketones is 1. The van der Waals surface area contributed by atoms with Crippen LogP contribution in [0.1, 0.15) is 42.5 Å². The van der Waals surface area contributed by atoms with Gasteiger partial charge in [0.1, 0.15) is 0 Å². The molecule has 0 aliphatic carbocycles. The number of carbonyl (C=O) groups is 2. The van der Waals surface area contributed by atoms with Crippen molar-refractivity contribution in [1.29, 1.82) is 0 Å². The van der Waals surface area contributed by atoms with E-state index in [1.807, 2.05) is 0 Å². The van der Waals surface area contributed by atoms with Gasteiger partial charge in [-0.15, -0.1) is 12.4 Å². The molecule has 5 nitrogen and oxygen atoms in total. The Labute approximate surface area is 147 Å². The van der Waals surface area contributed by atoms with Gasteiger partial charge >= 0.3 is 0 Å². The number of hydrogen-bond acceptors (Lipinski definition) is 4. The van der Waals surface area contributed by atoms with Crippen LogP contribution >= 0.6 is 12.4 Å². The normalized spacial score (nSPS) is 17.1. The molecule has 0 spiro atoms. The molecule has 1 unspecified atom stereocenters. The molecule has 0 aromatic heterocycles. The van der Waals surface area contributed by atoms with Crippen LogP contribution in [0.4, 0.5) is 4.39 Å². The van der Waals surface area contributed by atoms with Crippen LogP contribution in [0.25, 0.3) is 0 Å². The maximum absolute atomic E-state index is 13.6. The van der Waals surface area contributed by atoms with E-state index in [0.29, 0.717) is 13.1 Å². The summed E-state index contributed by atoms with van der Waals surface area (Å²) >= 11 is 0. The lowest BCUT2D eigenvalue weighted by Gasteiger charge is -2.35. The van der Waals surface area contributed by atoms with E-state index in [1.165, 1.54) is 19.2 Å². The number of Topliss-reactive ketones (excluding diaryl/α,β-unsaturated/α-hetero) is 1. The number of halogens is 2. The molecule has 134 valence electrons. The molecular formula is C17H24ClFN2O3. The van der Waals surface area contributed by atoms with E-state index in [1.54, 1.807) is 4.90 Å². The van der Waals surface area contributed by atoms with Crippen molar-refractivity contribution in [1.82, 2.24) is 4.90 Å². The first-order valence-electron chi connectivity index (χ1n) is 7.93. The van der Waals surface area contributed by atoms with Crippen LogP contribution in [-0.4, -0.2) is 42.8 Å². The molecule has 1 fully saturated rings. The van der Waals surface area contributed by atoms with Crippen molar-refractivity contribution < 1.29 is 18.7 Å². The van der Waals surface area contributed by atoms with E-state index in [4.69, 9.17) is 10.5 Å². The van der Waals surface area contributed by atoms with Gasteiger partial charge in [-0.25, -0.2) is 4.39 Å². The van der Waals surface area contributed by atoms with E-state index in [9.17, 15) is 14.0 Å². The zero-order valence-corrected chi connectivity index (χ0v) is 14.6. The number of ether oxygens (including phenoxy) is 1. The molecule has 0 bridgehead atoms. The van der Waals surface area contributed by atoms with E-state index < -0.39 is 5.82 Å². The highest BCUT2D eigenvalue weighted by molar-refractivity contribution is 5.98. The minimum absolute atomic E-state index is 0. The van der Waals surface area contributed by atoms with Gasteiger partial charge in [0.15, 0.2) is 17.3 Å². The fourth-order valence-corrected chi connectivity index (χ4v) is 2.92. The summed E-state index contributed by atoms with van der Waals surface area (Å²) in [4.78, 5) is 26.2. The van der Waals surface area contributed by atoms with E-state index in [2.05, 4.69) is 0 Å². The van der Waals surface area contributed by atoms with E-state index in [-0.39, 0.29) is 54.3 Å². The van der Waals surface area contributed by atoms with Gasteiger partial charge < -0.3 is 15.4 Å². The summed E-state index contributed by atoms with van der Waals surface area (Å²) in [6.45, 7) is 1.15. The van der Waals surface area contributed by atoms with Gasteiger partial charge in [0.05, 0.1) is 7.11 Å². The second-order valence-corrected chi connectivity index (χ2v) is 5.74. The number of nitrogens with two attached hydrogens (primary N) is 1. The van der Waals surface area contributed by atoms with E-state index >= 15 is 0 Å². The summed E-state index contributed by atoms with van der Waals surface area (Å²) < 4.78 is 18.5. The van der Waals surface area contributed by atoms with Gasteiger partial charge in [-0.1, -0.05) is 0 Å². The third kappa shape index (κ3) is 4.92. The van der Waals surface area contributed by atoms with Gasteiger partial charge in [0.2, 0.25) is 5.91 Å². The molecule has 1 aliphatic heterocycles. The van der Waals surface area contributed by atoms with Crippen molar-refractivity contribution in [2.45, 2.75) is 38.1 Å². The molecule has 2 N–H and O–H groups in total. The number of amides is 1. The molecule has 1 aliphatic rings. The van der Waals surface area contributed by atoms with Crippen LogP contribution in [0.15, 0.2) is 18.2 Å². The predicted octanol–water partition coefficient (Wildman–Crippen LogP) is 2.56. The van der Waals surface area contributed by atoms with Crippen LogP contribution < -0.4 is 10.5 Å². The Bertz CT molecular complexity index is 583. The highest BCUT2D eigenvalue weighted by Gasteiger charge is 2.25. The summed E-state index contributed by atoms with van der Waals surface area (Å²) in [5, 5.41) is 0. The Morgan fingerprint density at radius 2 is 2.08 bits per heavy atom. The third-order valence-corrected chi connectivity index (χ3v) is 4.26. The van der Waals surface area contributed by atoms with Crippen LogP contribution in [0.2, 0.25) is 0 Å². The summed E-state index contributed by atoms with van der Waals surface area (Å²) in [6, 6.07) is 4.15. The minimum Gasteiger partial charge on any atom is -0.494 e. The van der Waals surface area contributed by atoms with Gasteiger partial charge in [-0.05, 0) is 37.5 Å². The number of piperidine rings is 1. The zero-order valence-electron chi connectivity index (χ0n) is 13.8. The Hall–Kier alpha value is -1.66. The zero-order chi connectivity index (χ0) is 16.8. The lowest BCUT2D eigenvalue weighted by Crippen LogP contribution is -2.47. The van der Waals surface area contributed by atoms with Crippen LogP contribution in [0, 0.1) is 5.82 Å². The number of methoxy groups -OCH3 is 1. The Morgan fingerprint density at radius 3 is 2.71 bits per heavy atom. The number of likely N-dealkylation sites (tertiary alicyclic amines) is 1. The van der Waals surface area contributed by atoms with Crippen LogP contribution in [0.3, 0.4) is 0 Å². The largest absolute Gasteiger partial charge is 0.494 e. The van der Waals surface area contributed by atoms with Gasteiger partial charge in [0, 0.05) is 37.5 Å². The highest BCUT2D eigenvalue weighted by Crippen LogP contribution is 2.20. The van der Waals surface area contributed by atoms with Crippen molar-refractivity contribution in [2.24, 2.45) is 5.73 Å². The van der Waals surface area contributed by atoms with Crippen molar-refractivity contribution in [3.05, 3.63) is 29.6 Å². The van der Waals surface area contributed by atoms with Crippen molar-refractivity contribution in [3.8, 4) is 5.75 Å². The quantitative estimate of drug-likeness (QED) is 0.793. The van der Waals surface area contributed by atoms with Gasteiger partial charge in [-0.3, -0.25) is 9.59 Å². The lowest BCUT2D eigenvalue weighted by atomic mass is 10.0. The fourth-order valence-electron chi connectivity index (χ4n) is 2.92. The monoisotopic (exact) mass is 358 g/mol. The molecule has 7 heteroatoms. The number of rotatable bonds is 6. The molecule has 1 atom stereocenters. The molecule has 1 aromatic carbocycles. The molecule has 24 heavy (non-hydrogen) atoms. The third-order valence-electron chi connectivity index (χ3n) is 4.26. The van der Waals surface area contributed by atoms with Crippen LogP contribution in [-0.2, 0) is 4.79 Å². The topological polar surface area (TPSA) is 72.6 Å². The van der Waals surface area contributed by atoms with Gasteiger partial charge in [-0.2, -0.15) is 0 Å². The van der Waals surface area contributed by atoms with Gasteiger partial charge in [0.25, 0.3) is 0 Å². The predicted molar refractivity (Wildman–Crippen MR) is 92.2 cm³/mol. The molecule has 0 saturated carbocycles. The smallest absolute Gasteiger partial charge is 0.223 e. The Morgan fingerprint density at radius 1 is 1.33 bits per heavy atom. The molecule has 1 amide bonds. The number of benzene rings is 1. The molecule has 0 radical (unpaired) electrons. The maximum atomic E-state index is 13.6. The first-order valence-corrected chi connectivity index (χ1v) is 7.93. The van der Waals surface area contributed by atoms with Crippen LogP contribution in [0.5, 0.6) is 5.75 Å². The van der Waals surface area contributed by atoms with Crippen molar-refractivity contribution in [3.63, 3.8) is 0 Å². The molecule has 2 rings (SSSR count). The average molecular weight is 359 g/mol. The first-order chi connectivity index (χ1) is 11.1. The summed E-state index contributed by atoms with van der Waals surface area (Å²) in [5.74, 6) is -0.788. The second kappa shape index (κ2) is 9.59. The SMILES string of the molecule is COc1ccc(C(=O)CCC(=O)N2CCCCC2CN)cc1F.Cl. The average Bonchev–Trinajstić information content (AvgIpc) is 2.59. The van der Waals surface area contributed by atoms with Crippen molar-refractivity contribution in [2.75, 3.05) is 20.2 Å². The highest BCUT2D eigenvalue weighted by atomic mass is 35.5. The maximum Gasteiger partial charge on any atom is 0.223 e. The summed E-state index contributed by atoms with van der Waals surface area (Å²) in [5.41, 5.74) is 5.96. The first kappa shape index (κ1) is 20.4. The summed E-state index contributed by atoms with van der Waals surface area (Å²) in [7, 11) is 1.37. The Kier molecular flexibility index (Phi) is 8.15. The second-order valence-electron chi connectivity index (χ2n) is 5.74. The Balaban J connectivity index is 0.00000288. The van der Waals surface area contributed by atoms with E-state index in [0.717, 1.165) is 25.3 Å². The number of carbonyl (C=O) groups excluding carboxylic acids is 2. The van der Waals surface area contributed by atoms with Crippen molar-refractivity contribution >= 4 is 24.1 Å². The fraction of sp³-hybridized carbons (Fsp3) is 0.529. The minimum atomic E-state index is -0.580. The number of nitrogens with zero attached hydrogens (tertiary/aromatic N) is 1. The molecule has 1 aromatic rings. The molecule has 1 saturated heterocycles. The standard InChI is InChI=1S/C17H23FN2O3.ClH/c1-23-16-7-5-12(10-14(16)18)15(21)6-8-17(22)20-9-3-2-4-13(20)11-19;/h5,7,10,13H,2-4,6,8-9,11,19H2,1H3;1H. The summed E-state index contributed by atoms with van der Waals surface area (Å²) in [6.07, 6.45) is 3.16. The number of hydrogen-bond donors (Lipinski definition) is 1. The molecular weight excluding hydrogens is 335 g/mol. The molecule has 1 heterocycles. The lowest BCUT2D eigenvalue weighted by molar-refractivity contribution is -0.134.